The number of fused-ring (bicyclic) bond motifs is 4. The second-order valence-electron chi connectivity index (χ2n) is 7.75. The SMILES string of the molecule is CCC(N)(CC)c1nc2c(C(=O)N[C@@H]3CN4CCC3CC4)cccc2o1. The summed E-state index contributed by atoms with van der Waals surface area (Å²) in [7, 11) is 0. The van der Waals surface area contributed by atoms with Gasteiger partial charge in [0.2, 0.25) is 5.89 Å². The molecule has 4 heterocycles. The number of hydrogen-bond donors (Lipinski definition) is 2. The smallest absolute Gasteiger partial charge is 0.253 e. The fourth-order valence-corrected chi connectivity index (χ4v) is 4.27. The zero-order chi connectivity index (χ0) is 18.3. The van der Waals surface area contributed by atoms with Gasteiger partial charge in [-0.1, -0.05) is 19.9 Å². The van der Waals surface area contributed by atoms with E-state index in [1.54, 1.807) is 0 Å². The summed E-state index contributed by atoms with van der Waals surface area (Å²) in [5.41, 5.74) is 7.65. The lowest BCUT2D eigenvalue weighted by atomic mass is 9.84. The van der Waals surface area contributed by atoms with Crippen molar-refractivity contribution >= 4 is 17.0 Å². The molecule has 3 aliphatic rings. The van der Waals surface area contributed by atoms with Crippen LogP contribution in [0.4, 0.5) is 0 Å². The summed E-state index contributed by atoms with van der Waals surface area (Å²) in [5.74, 6) is 1.04. The van der Waals surface area contributed by atoms with Gasteiger partial charge < -0.3 is 20.4 Å². The minimum atomic E-state index is -0.595. The Morgan fingerprint density at radius 3 is 2.69 bits per heavy atom. The summed E-state index contributed by atoms with van der Waals surface area (Å²) in [6.07, 6.45) is 3.81. The molecule has 2 aromatic rings. The number of carbonyl (C=O) groups excluding carboxylic acids is 1. The molecular weight excluding hydrogens is 328 g/mol. The first-order chi connectivity index (χ1) is 12.5. The van der Waals surface area contributed by atoms with E-state index in [1.807, 2.05) is 32.0 Å². The van der Waals surface area contributed by atoms with Crippen LogP contribution in [-0.2, 0) is 5.54 Å². The number of hydrogen-bond acceptors (Lipinski definition) is 5. The van der Waals surface area contributed by atoms with Gasteiger partial charge >= 0.3 is 0 Å². The standard InChI is InChI=1S/C20H28N4O2/c1-3-20(21,4-2)19-23-17-14(6-5-7-16(17)26-19)18(25)22-15-12-24-10-8-13(15)9-11-24/h5-7,13,15H,3-4,8-12,21H2,1-2H3,(H,22,25)/t15-/m1/s1. The summed E-state index contributed by atoms with van der Waals surface area (Å²) in [6.45, 7) is 7.32. The predicted octanol–water partition coefficient (Wildman–Crippen LogP) is 2.63. The number of aromatic nitrogens is 1. The summed E-state index contributed by atoms with van der Waals surface area (Å²) in [6, 6.07) is 5.74. The van der Waals surface area contributed by atoms with Crippen molar-refractivity contribution in [3.8, 4) is 0 Å². The van der Waals surface area contributed by atoms with Gasteiger partial charge in [0.25, 0.3) is 5.91 Å². The van der Waals surface area contributed by atoms with Crippen molar-refractivity contribution in [2.45, 2.75) is 51.1 Å². The van der Waals surface area contributed by atoms with Crippen molar-refractivity contribution in [3.05, 3.63) is 29.7 Å². The van der Waals surface area contributed by atoms with E-state index in [0.717, 1.165) is 32.5 Å². The molecule has 0 unspecified atom stereocenters. The quantitative estimate of drug-likeness (QED) is 0.860. The molecule has 1 aromatic carbocycles. The number of para-hydroxylation sites is 1. The minimum absolute atomic E-state index is 0.0650. The Kier molecular flexibility index (Phi) is 4.49. The molecule has 2 bridgehead atoms. The summed E-state index contributed by atoms with van der Waals surface area (Å²) in [4.78, 5) is 20.0. The first-order valence-electron chi connectivity index (χ1n) is 9.76. The third-order valence-corrected chi connectivity index (χ3v) is 6.32. The van der Waals surface area contributed by atoms with Crippen LogP contribution in [0.15, 0.2) is 22.6 Å². The summed E-state index contributed by atoms with van der Waals surface area (Å²) < 4.78 is 5.92. The lowest BCUT2D eigenvalue weighted by molar-refractivity contribution is 0.0621. The number of benzene rings is 1. The Balaban J connectivity index is 1.62. The molecule has 1 amide bonds. The highest BCUT2D eigenvalue weighted by atomic mass is 16.4. The molecule has 5 rings (SSSR count). The van der Waals surface area contributed by atoms with E-state index < -0.39 is 5.54 Å². The number of carbonyl (C=O) groups is 1. The Morgan fingerprint density at radius 2 is 2.08 bits per heavy atom. The molecule has 1 aromatic heterocycles. The molecule has 6 nitrogen and oxygen atoms in total. The number of nitrogens with zero attached hydrogens (tertiary/aromatic N) is 2. The van der Waals surface area contributed by atoms with E-state index in [-0.39, 0.29) is 11.9 Å². The van der Waals surface area contributed by atoms with Gasteiger partial charge in [-0.3, -0.25) is 4.79 Å². The highest BCUT2D eigenvalue weighted by Gasteiger charge is 2.35. The minimum Gasteiger partial charge on any atom is -0.439 e. The molecule has 6 heteroatoms. The van der Waals surface area contributed by atoms with Gasteiger partial charge in [0.05, 0.1) is 11.1 Å². The maximum atomic E-state index is 13.0. The maximum absolute atomic E-state index is 13.0. The monoisotopic (exact) mass is 356 g/mol. The number of amides is 1. The van der Waals surface area contributed by atoms with Crippen molar-refractivity contribution in [2.75, 3.05) is 19.6 Å². The van der Waals surface area contributed by atoms with Crippen LogP contribution in [0, 0.1) is 5.92 Å². The van der Waals surface area contributed by atoms with Crippen LogP contribution in [0.25, 0.3) is 11.1 Å². The molecule has 0 saturated carbocycles. The predicted molar refractivity (Wildman–Crippen MR) is 101 cm³/mol. The Morgan fingerprint density at radius 1 is 1.35 bits per heavy atom. The lowest BCUT2D eigenvalue weighted by Crippen LogP contribution is -2.57. The van der Waals surface area contributed by atoms with E-state index >= 15 is 0 Å². The molecule has 0 aliphatic carbocycles. The van der Waals surface area contributed by atoms with E-state index in [2.05, 4.69) is 15.2 Å². The van der Waals surface area contributed by atoms with E-state index in [1.165, 1.54) is 12.8 Å². The molecule has 0 spiro atoms. The second kappa shape index (κ2) is 6.67. The zero-order valence-electron chi connectivity index (χ0n) is 15.6. The molecule has 3 N–H and O–H groups in total. The van der Waals surface area contributed by atoms with Crippen molar-refractivity contribution in [3.63, 3.8) is 0 Å². The van der Waals surface area contributed by atoms with Crippen LogP contribution in [0.1, 0.15) is 55.8 Å². The van der Waals surface area contributed by atoms with Crippen LogP contribution in [0.5, 0.6) is 0 Å². The molecule has 0 radical (unpaired) electrons. The van der Waals surface area contributed by atoms with Gasteiger partial charge in [-0.15, -0.1) is 0 Å². The Labute approximate surface area is 154 Å². The van der Waals surface area contributed by atoms with Gasteiger partial charge in [-0.25, -0.2) is 4.98 Å². The van der Waals surface area contributed by atoms with Crippen molar-refractivity contribution in [1.29, 1.82) is 0 Å². The van der Waals surface area contributed by atoms with Gasteiger partial charge in [-0.05, 0) is 56.8 Å². The average molecular weight is 356 g/mol. The van der Waals surface area contributed by atoms with Gasteiger partial charge in [0.15, 0.2) is 5.58 Å². The zero-order valence-corrected chi connectivity index (χ0v) is 15.6. The fourth-order valence-electron chi connectivity index (χ4n) is 4.27. The number of oxazole rings is 1. The third-order valence-electron chi connectivity index (χ3n) is 6.32. The molecule has 26 heavy (non-hydrogen) atoms. The number of piperidine rings is 3. The topological polar surface area (TPSA) is 84.4 Å². The second-order valence-corrected chi connectivity index (χ2v) is 7.75. The highest BCUT2D eigenvalue weighted by Crippen LogP contribution is 2.31. The van der Waals surface area contributed by atoms with Crippen LogP contribution in [0.2, 0.25) is 0 Å². The van der Waals surface area contributed by atoms with Crippen molar-refractivity contribution in [1.82, 2.24) is 15.2 Å². The number of nitrogens with one attached hydrogen (secondary N) is 1. The molecule has 140 valence electrons. The summed E-state index contributed by atoms with van der Waals surface area (Å²) in [5, 5.41) is 3.24. The van der Waals surface area contributed by atoms with Crippen LogP contribution in [-0.4, -0.2) is 41.5 Å². The van der Waals surface area contributed by atoms with Gasteiger partial charge in [0, 0.05) is 12.6 Å². The summed E-state index contributed by atoms with van der Waals surface area (Å²) >= 11 is 0. The normalized spacial score (nSPS) is 25.6. The lowest BCUT2D eigenvalue weighted by Gasteiger charge is -2.44. The van der Waals surface area contributed by atoms with Gasteiger partial charge in [-0.2, -0.15) is 0 Å². The fraction of sp³-hybridized carbons (Fsp3) is 0.600. The van der Waals surface area contributed by atoms with Crippen LogP contribution >= 0.6 is 0 Å². The number of nitrogens with two attached hydrogens (primary N) is 1. The van der Waals surface area contributed by atoms with E-state index in [9.17, 15) is 4.79 Å². The van der Waals surface area contributed by atoms with Crippen molar-refractivity contribution in [2.24, 2.45) is 11.7 Å². The molecule has 3 saturated heterocycles. The van der Waals surface area contributed by atoms with Crippen LogP contribution < -0.4 is 11.1 Å². The van der Waals surface area contributed by atoms with E-state index in [4.69, 9.17) is 10.2 Å². The van der Waals surface area contributed by atoms with Gasteiger partial charge in [0.1, 0.15) is 5.52 Å². The van der Waals surface area contributed by atoms with Crippen LogP contribution in [0.3, 0.4) is 0 Å². The highest BCUT2D eigenvalue weighted by molar-refractivity contribution is 6.04. The Hall–Kier alpha value is -1.92. The van der Waals surface area contributed by atoms with E-state index in [0.29, 0.717) is 28.5 Å². The number of rotatable bonds is 5. The first kappa shape index (κ1) is 17.5. The molecule has 1 atom stereocenters. The molecular formula is C20H28N4O2. The maximum Gasteiger partial charge on any atom is 0.253 e. The average Bonchev–Trinajstić information content (AvgIpc) is 3.13. The molecule has 3 aliphatic heterocycles. The molecule has 3 fully saturated rings. The first-order valence-corrected chi connectivity index (χ1v) is 9.76. The van der Waals surface area contributed by atoms with Crippen molar-refractivity contribution < 1.29 is 9.21 Å². The third kappa shape index (κ3) is 2.91. The largest absolute Gasteiger partial charge is 0.439 e. The Bertz CT molecular complexity index is 803.